The van der Waals surface area contributed by atoms with Gasteiger partial charge in [-0.2, -0.15) is 13.2 Å². The fourth-order valence-electron chi connectivity index (χ4n) is 3.89. The lowest BCUT2D eigenvalue weighted by Crippen LogP contribution is -2.41. The summed E-state index contributed by atoms with van der Waals surface area (Å²) in [5.41, 5.74) is 1.73. The Balaban J connectivity index is 1.73. The van der Waals surface area contributed by atoms with Crippen LogP contribution in [0.3, 0.4) is 0 Å². The molecule has 0 amide bonds. The smallest absolute Gasteiger partial charge is 0.399 e. The summed E-state index contributed by atoms with van der Waals surface area (Å²) < 4.78 is 47.6. The highest BCUT2D eigenvalue weighted by molar-refractivity contribution is 6.31. The van der Waals surface area contributed by atoms with E-state index in [-0.39, 0.29) is 12.1 Å². The molecule has 0 saturated carbocycles. The molecule has 4 rings (SSSR count). The molecule has 1 unspecified atom stereocenters. The first kappa shape index (κ1) is 21.4. The van der Waals surface area contributed by atoms with Crippen molar-refractivity contribution in [2.24, 2.45) is 0 Å². The number of halogens is 4. The van der Waals surface area contributed by atoms with Crippen molar-refractivity contribution in [3.63, 3.8) is 0 Å². The van der Waals surface area contributed by atoms with E-state index in [0.29, 0.717) is 22.9 Å². The van der Waals surface area contributed by atoms with Crippen molar-refractivity contribution in [3.8, 4) is 16.9 Å². The van der Waals surface area contributed by atoms with E-state index in [1.54, 1.807) is 18.2 Å². The van der Waals surface area contributed by atoms with E-state index in [1.807, 2.05) is 49.4 Å². The first-order valence-corrected chi connectivity index (χ1v) is 10.3. The minimum atomic E-state index is -4.40. The number of nitrogens with zero attached hydrogens (tertiary/aromatic N) is 1. The number of rotatable bonds is 4. The second-order valence-electron chi connectivity index (χ2n) is 7.92. The molecule has 0 bridgehead atoms. The minimum absolute atomic E-state index is 0.0606. The predicted molar refractivity (Wildman–Crippen MR) is 117 cm³/mol. The van der Waals surface area contributed by atoms with Gasteiger partial charge in [-0.3, -0.25) is 4.98 Å². The number of benzene rings is 2. The maximum absolute atomic E-state index is 13.9. The van der Waals surface area contributed by atoms with Gasteiger partial charge in [0.1, 0.15) is 17.8 Å². The Morgan fingerprint density at radius 2 is 1.90 bits per heavy atom. The Morgan fingerprint density at radius 3 is 2.65 bits per heavy atom. The molecular formula is C25H21ClF3NO. The molecule has 2 nitrogen and oxygen atoms in total. The van der Waals surface area contributed by atoms with E-state index < -0.39 is 11.6 Å². The highest BCUT2D eigenvalue weighted by Crippen LogP contribution is 2.48. The minimum Gasteiger partial charge on any atom is -0.489 e. The molecule has 160 valence electrons. The number of aryl methyl sites for hydroxylation is 1. The van der Waals surface area contributed by atoms with E-state index in [0.717, 1.165) is 22.3 Å². The monoisotopic (exact) mass is 443 g/mol. The topological polar surface area (TPSA) is 22.1 Å². The molecule has 1 aliphatic carbocycles. The first-order valence-electron chi connectivity index (χ1n) is 9.91. The van der Waals surface area contributed by atoms with Crippen molar-refractivity contribution in [2.45, 2.75) is 38.5 Å². The summed E-state index contributed by atoms with van der Waals surface area (Å²) in [4.78, 5) is 4.22. The summed E-state index contributed by atoms with van der Waals surface area (Å²) in [6, 6.07) is 14.8. The number of hydrogen-bond acceptors (Lipinski definition) is 2. The lowest BCUT2D eigenvalue weighted by Gasteiger charge is -2.35. The van der Waals surface area contributed by atoms with Crippen LogP contribution in [0, 0.1) is 6.92 Å². The zero-order valence-corrected chi connectivity index (χ0v) is 17.9. The number of pyridine rings is 1. The zero-order valence-electron chi connectivity index (χ0n) is 17.1. The maximum Gasteiger partial charge on any atom is 0.399 e. The summed E-state index contributed by atoms with van der Waals surface area (Å²) in [5.74, 6) is 0.612. The first-order chi connectivity index (χ1) is 14.7. The quantitative estimate of drug-likeness (QED) is 0.416. The van der Waals surface area contributed by atoms with Gasteiger partial charge in [0.2, 0.25) is 0 Å². The van der Waals surface area contributed by atoms with Crippen LogP contribution in [0.15, 0.2) is 60.8 Å². The molecule has 0 saturated heterocycles. The maximum atomic E-state index is 13.9. The van der Waals surface area contributed by atoms with Gasteiger partial charge in [0.05, 0.1) is 5.69 Å². The summed E-state index contributed by atoms with van der Waals surface area (Å²) in [6.45, 7) is 3.36. The normalized spacial score (nSPS) is 18.0. The average Bonchev–Trinajstić information content (AvgIpc) is 2.72. The zero-order chi connectivity index (χ0) is 22.2. The fourth-order valence-corrected chi connectivity index (χ4v) is 4.08. The van der Waals surface area contributed by atoms with Crippen LogP contribution in [0.2, 0.25) is 5.02 Å². The molecule has 0 spiro atoms. The number of fused-ring (bicyclic) bond motifs is 1. The number of alkyl halides is 3. The van der Waals surface area contributed by atoms with E-state index in [4.69, 9.17) is 16.3 Å². The SMILES string of the molecule is Cc1cnc2c(c1-c1cccc(OCc3ccccc3Cl)c1)C=CCC2(C)C(F)(F)F. The molecule has 1 aliphatic rings. The van der Waals surface area contributed by atoms with Crippen molar-refractivity contribution < 1.29 is 17.9 Å². The Bertz CT molecular complexity index is 1160. The highest BCUT2D eigenvalue weighted by Gasteiger charge is 2.54. The molecule has 3 aromatic rings. The van der Waals surface area contributed by atoms with Crippen LogP contribution in [0.5, 0.6) is 5.75 Å². The lowest BCUT2D eigenvalue weighted by molar-refractivity contribution is -0.186. The average molecular weight is 444 g/mol. The van der Waals surface area contributed by atoms with Crippen LogP contribution < -0.4 is 4.74 Å². The Kier molecular flexibility index (Phi) is 5.56. The predicted octanol–water partition coefficient (Wildman–Crippen LogP) is 7.53. The van der Waals surface area contributed by atoms with Crippen LogP contribution in [0.1, 0.15) is 35.7 Å². The number of allylic oxidation sites excluding steroid dienone is 1. The third-order valence-electron chi connectivity index (χ3n) is 5.74. The number of aromatic nitrogens is 1. The molecule has 0 radical (unpaired) electrons. The van der Waals surface area contributed by atoms with Gasteiger partial charge in [-0.15, -0.1) is 0 Å². The summed E-state index contributed by atoms with van der Waals surface area (Å²) in [5, 5.41) is 0.620. The van der Waals surface area contributed by atoms with Gasteiger partial charge < -0.3 is 4.74 Å². The van der Waals surface area contributed by atoms with Crippen LogP contribution in [0.25, 0.3) is 17.2 Å². The summed E-state index contributed by atoms with van der Waals surface area (Å²) >= 11 is 6.19. The van der Waals surface area contributed by atoms with Gasteiger partial charge in [-0.05, 0) is 55.2 Å². The van der Waals surface area contributed by atoms with Crippen molar-refractivity contribution in [1.82, 2.24) is 4.98 Å². The molecule has 0 fully saturated rings. The largest absolute Gasteiger partial charge is 0.489 e. The van der Waals surface area contributed by atoms with E-state index in [2.05, 4.69) is 4.98 Å². The van der Waals surface area contributed by atoms with Crippen molar-refractivity contribution in [2.75, 3.05) is 0 Å². The number of hydrogen-bond donors (Lipinski definition) is 0. The summed E-state index contributed by atoms with van der Waals surface area (Å²) in [6.07, 6.45) is 0.328. The second-order valence-corrected chi connectivity index (χ2v) is 8.33. The second kappa shape index (κ2) is 8.04. The molecule has 31 heavy (non-hydrogen) atoms. The van der Waals surface area contributed by atoms with Crippen molar-refractivity contribution in [3.05, 3.63) is 88.2 Å². The van der Waals surface area contributed by atoms with E-state index in [9.17, 15) is 13.2 Å². The van der Waals surface area contributed by atoms with Crippen molar-refractivity contribution in [1.29, 1.82) is 0 Å². The summed E-state index contributed by atoms with van der Waals surface area (Å²) in [7, 11) is 0. The van der Waals surface area contributed by atoms with Crippen LogP contribution in [-0.2, 0) is 12.0 Å². The molecule has 1 heterocycles. The van der Waals surface area contributed by atoms with Gasteiger partial charge >= 0.3 is 6.18 Å². The lowest BCUT2D eigenvalue weighted by atomic mass is 9.74. The van der Waals surface area contributed by atoms with Gasteiger partial charge in [0, 0.05) is 22.3 Å². The standard InChI is InChI=1S/C25H21ClF3NO/c1-16-14-30-23-20(10-6-12-24(23,2)25(27,28)29)22(16)17-8-5-9-19(13-17)31-15-18-7-3-4-11-21(18)26/h3-11,13-14H,12,15H2,1-2H3. The van der Waals surface area contributed by atoms with Gasteiger partial charge in [-0.1, -0.05) is 54.1 Å². The Morgan fingerprint density at radius 1 is 1.13 bits per heavy atom. The molecule has 1 aromatic heterocycles. The number of ether oxygens (including phenoxy) is 1. The highest BCUT2D eigenvalue weighted by atomic mass is 35.5. The molecule has 0 N–H and O–H groups in total. The molecule has 1 atom stereocenters. The molecule has 6 heteroatoms. The molecule has 2 aromatic carbocycles. The van der Waals surface area contributed by atoms with Gasteiger partial charge in [-0.25, -0.2) is 0 Å². The third kappa shape index (κ3) is 3.94. The third-order valence-corrected chi connectivity index (χ3v) is 6.11. The Labute approximate surface area is 184 Å². The van der Waals surface area contributed by atoms with Crippen LogP contribution in [-0.4, -0.2) is 11.2 Å². The van der Waals surface area contributed by atoms with Crippen molar-refractivity contribution >= 4 is 17.7 Å². The fraction of sp³-hybridized carbons (Fsp3) is 0.240. The van der Waals surface area contributed by atoms with Crippen LogP contribution >= 0.6 is 11.6 Å². The van der Waals surface area contributed by atoms with Gasteiger partial charge in [0.15, 0.2) is 0 Å². The van der Waals surface area contributed by atoms with E-state index in [1.165, 1.54) is 13.1 Å². The van der Waals surface area contributed by atoms with Gasteiger partial charge in [0.25, 0.3) is 0 Å². The van der Waals surface area contributed by atoms with Crippen LogP contribution in [0.4, 0.5) is 13.2 Å². The Hall–Kier alpha value is -2.79. The molecule has 0 aliphatic heterocycles. The molecular weight excluding hydrogens is 423 g/mol. The van der Waals surface area contributed by atoms with E-state index >= 15 is 0 Å².